The zero-order valence-electron chi connectivity index (χ0n) is 22.2. The molecule has 1 aliphatic heterocycles. The Kier molecular flexibility index (Phi) is 7.33. The molecular formula is C26H29F4N3O6S. The number of hydrogen-bond donors (Lipinski definition) is 2. The van der Waals surface area contributed by atoms with Crippen LogP contribution in [0.4, 0.5) is 17.6 Å². The summed E-state index contributed by atoms with van der Waals surface area (Å²) in [7, 11) is -3.18. The van der Waals surface area contributed by atoms with E-state index in [1.807, 2.05) is 0 Å². The first-order chi connectivity index (χ1) is 18.3. The van der Waals surface area contributed by atoms with Gasteiger partial charge in [-0.2, -0.15) is 0 Å². The summed E-state index contributed by atoms with van der Waals surface area (Å²) in [6.07, 6.45) is -4.61. The van der Waals surface area contributed by atoms with E-state index in [2.05, 4.69) is 10.1 Å². The molecule has 1 aromatic heterocycles. The smallest absolute Gasteiger partial charge is 0.406 e. The van der Waals surface area contributed by atoms with Crippen LogP contribution in [0.1, 0.15) is 56.9 Å². The minimum atomic E-state index is -5.05. The molecule has 14 heteroatoms. The third-order valence-corrected chi connectivity index (χ3v) is 8.93. The van der Waals surface area contributed by atoms with Crippen LogP contribution < -0.4 is 15.7 Å². The van der Waals surface area contributed by atoms with Crippen LogP contribution in [-0.4, -0.2) is 57.6 Å². The number of aliphatic hydroxyl groups is 1. The Morgan fingerprint density at radius 3 is 2.30 bits per heavy atom. The molecule has 0 radical (unpaired) electrons. The van der Waals surface area contributed by atoms with Crippen LogP contribution in [0, 0.1) is 5.82 Å². The molecule has 2 heterocycles. The number of nitrogens with one attached hydrogen (secondary N) is 1. The number of carbonyl (C=O) groups is 1. The highest BCUT2D eigenvalue weighted by Crippen LogP contribution is 2.31. The number of alkyl halides is 3. The average Bonchev–Trinajstić information content (AvgIpc) is 3.11. The molecular weight excluding hydrogens is 558 g/mol. The monoisotopic (exact) mass is 587 g/mol. The van der Waals surface area contributed by atoms with Crippen molar-refractivity contribution in [2.24, 2.45) is 0 Å². The van der Waals surface area contributed by atoms with Crippen LogP contribution >= 0.6 is 0 Å². The molecule has 2 N–H and O–H groups in total. The van der Waals surface area contributed by atoms with Crippen molar-refractivity contribution in [1.82, 2.24) is 14.5 Å². The molecule has 4 rings (SSSR count). The van der Waals surface area contributed by atoms with Gasteiger partial charge in [0.15, 0.2) is 0 Å². The van der Waals surface area contributed by atoms with Crippen LogP contribution in [0.25, 0.3) is 16.7 Å². The van der Waals surface area contributed by atoms with E-state index in [9.17, 15) is 40.7 Å². The summed E-state index contributed by atoms with van der Waals surface area (Å²) in [4.78, 5) is 26.9. The van der Waals surface area contributed by atoms with Crippen molar-refractivity contribution in [3.63, 3.8) is 0 Å². The zero-order valence-corrected chi connectivity index (χ0v) is 23.0. The molecule has 3 aromatic rings. The van der Waals surface area contributed by atoms with Crippen molar-refractivity contribution in [1.29, 1.82) is 0 Å². The van der Waals surface area contributed by atoms with Crippen LogP contribution in [0.2, 0.25) is 0 Å². The summed E-state index contributed by atoms with van der Waals surface area (Å²) in [6, 6.07) is 5.41. The first-order valence-corrected chi connectivity index (χ1v) is 14.2. The molecule has 0 unspecified atom stereocenters. The van der Waals surface area contributed by atoms with Gasteiger partial charge >= 0.3 is 12.1 Å². The van der Waals surface area contributed by atoms with Crippen molar-refractivity contribution in [2.75, 3.05) is 11.5 Å². The van der Waals surface area contributed by atoms with Gasteiger partial charge in [0, 0.05) is 17.2 Å². The van der Waals surface area contributed by atoms with Crippen molar-refractivity contribution < 1.29 is 40.6 Å². The van der Waals surface area contributed by atoms with Crippen LogP contribution in [-0.2, 0) is 9.84 Å². The number of halogens is 4. The maximum absolute atomic E-state index is 14.9. The number of rotatable bonds is 6. The summed E-state index contributed by atoms with van der Waals surface area (Å²) in [5.74, 6) is -2.44. The van der Waals surface area contributed by atoms with Gasteiger partial charge in [0.1, 0.15) is 21.4 Å². The Bertz CT molecular complexity index is 1620. The van der Waals surface area contributed by atoms with E-state index in [1.165, 1.54) is 39.0 Å². The second-order valence-electron chi connectivity index (χ2n) is 10.8. The molecule has 2 aromatic carbocycles. The number of imidazole rings is 1. The number of nitrogens with zero attached hydrogens (tertiary/aromatic N) is 2. The second kappa shape index (κ2) is 9.91. The topological polar surface area (TPSA) is 120 Å². The minimum Gasteiger partial charge on any atom is -0.406 e. The normalized spacial score (nSPS) is 17.9. The molecule has 0 bridgehead atoms. The lowest BCUT2D eigenvalue weighted by atomic mass is 9.94. The predicted molar refractivity (Wildman–Crippen MR) is 139 cm³/mol. The number of carbonyl (C=O) groups excluding carboxylic acids is 1. The van der Waals surface area contributed by atoms with Crippen molar-refractivity contribution in [3.8, 4) is 11.4 Å². The van der Waals surface area contributed by atoms with Crippen molar-refractivity contribution in [3.05, 3.63) is 58.3 Å². The van der Waals surface area contributed by atoms with Crippen LogP contribution in [0.5, 0.6) is 5.75 Å². The largest absolute Gasteiger partial charge is 0.573 e. The summed E-state index contributed by atoms with van der Waals surface area (Å²) >= 11 is 0. The minimum absolute atomic E-state index is 0.0654. The second-order valence-corrected chi connectivity index (χ2v) is 13.2. The van der Waals surface area contributed by atoms with Gasteiger partial charge in [-0.05, 0) is 70.9 Å². The average molecular weight is 588 g/mol. The van der Waals surface area contributed by atoms with Gasteiger partial charge in [0.2, 0.25) is 0 Å². The van der Waals surface area contributed by atoms with Gasteiger partial charge in [-0.1, -0.05) is 0 Å². The highest BCUT2D eigenvalue weighted by atomic mass is 32.2. The predicted octanol–water partition coefficient (Wildman–Crippen LogP) is 3.86. The summed E-state index contributed by atoms with van der Waals surface area (Å²) in [5, 5.41) is 13.5. The Morgan fingerprint density at radius 1 is 1.10 bits per heavy atom. The molecule has 1 amide bonds. The summed E-state index contributed by atoms with van der Waals surface area (Å²) in [6.45, 7) is 6.15. The van der Waals surface area contributed by atoms with Crippen LogP contribution in [0.15, 0.2) is 41.2 Å². The van der Waals surface area contributed by atoms with Gasteiger partial charge in [0.25, 0.3) is 5.91 Å². The highest BCUT2D eigenvalue weighted by molar-refractivity contribution is 7.91. The van der Waals surface area contributed by atoms with Gasteiger partial charge < -0.3 is 15.2 Å². The molecule has 1 aliphatic rings. The van der Waals surface area contributed by atoms with E-state index in [0.29, 0.717) is 0 Å². The Hall–Kier alpha value is -3.39. The lowest BCUT2D eigenvalue weighted by Crippen LogP contribution is -2.50. The maximum atomic E-state index is 14.9. The molecule has 1 fully saturated rings. The number of aromatic nitrogens is 2. The fourth-order valence-electron chi connectivity index (χ4n) is 4.60. The third kappa shape index (κ3) is 6.02. The fourth-order valence-corrected chi connectivity index (χ4v) is 6.33. The number of sulfone groups is 1. The van der Waals surface area contributed by atoms with Gasteiger partial charge in [-0.25, -0.2) is 17.6 Å². The molecule has 1 saturated heterocycles. The third-order valence-electron chi connectivity index (χ3n) is 7.28. The number of amides is 1. The SMILES string of the molecule is C[C@@H](n1c(=O)n(-c2cc(OC(F)(F)F)ccc2F)c2ccc(C(=O)NC3(C)CCS(=O)(=O)CC3)cc21)C(C)(C)O. The first kappa shape index (κ1) is 29.6. The number of ether oxygens (including phenoxy) is 1. The Balaban J connectivity index is 1.85. The van der Waals surface area contributed by atoms with E-state index in [0.717, 1.165) is 27.3 Å². The summed E-state index contributed by atoms with van der Waals surface area (Å²) < 4.78 is 83.0. The van der Waals surface area contributed by atoms with Crippen molar-refractivity contribution >= 4 is 26.8 Å². The van der Waals surface area contributed by atoms with E-state index in [-0.39, 0.29) is 40.9 Å². The Morgan fingerprint density at radius 2 is 1.73 bits per heavy atom. The molecule has 0 saturated carbocycles. The standard InChI is InChI=1S/C26H29F4N3O6S/c1-15(24(2,3)36)32-21-13-16(22(34)31-25(4)9-11-40(37,38)12-10-25)5-8-19(21)33(23(32)35)20-14-17(6-7-18(20)27)39-26(28,29)30/h5-8,13-15,36H,9-12H2,1-4H3,(H,31,34)/t15-/m1/s1. The lowest BCUT2D eigenvalue weighted by Gasteiger charge is -2.34. The quantitative estimate of drug-likeness (QED) is 0.423. The number of hydrogen-bond acceptors (Lipinski definition) is 6. The fraction of sp³-hybridized carbons (Fsp3) is 0.462. The molecule has 218 valence electrons. The van der Waals surface area contributed by atoms with Gasteiger partial charge in [-0.3, -0.25) is 13.9 Å². The number of benzene rings is 2. The van der Waals surface area contributed by atoms with Gasteiger partial charge in [0.05, 0.1) is 39.9 Å². The summed E-state index contributed by atoms with van der Waals surface area (Å²) in [5.41, 5.74) is -3.36. The van der Waals surface area contributed by atoms with E-state index < -0.39 is 62.2 Å². The molecule has 40 heavy (non-hydrogen) atoms. The van der Waals surface area contributed by atoms with Crippen molar-refractivity contribution in [2.45, 2.75) is 64.1 Å². The Labute approximate surface area is 227 Å². The molecule has 9 nitrogen and oxygen atoms in total. The zero-order chi connectivity index (χ0) is 29.8. The van der Waals surface area contributed by atoms with E-state index in [4.69, 9.17) is 0 Å². The van der Waals surface area contributed by atoms with E-state index in [1.54, 1.807) is 6.92 Å². The molecule has 0 spiro atoms. The maximum Gasteiger partial charge on any atom is 0.573 e. The highest BCUT2D eigenvalue weighted by Gasteiger charge is 2.36. The van der Waals surface area contributed by atoms with Gasteiger partial charge in [-0.15, -0.1) is 13.2 Å². The molecule has 1 atom stereocenters. The lowest BCUT2D eigenvalue weighted by molar-refractivity contribution is -0.274. The van der Waals surface area contributed by atoms with Crippen LogP contribution in [0.3, 0.4) is 0 Å². The number of fused-ring (bicyclic) bond motifs is 1. The molecule has 0 aliphatic carbocycles. The first-order valence-electron chi connectivity index (χ1n) is 12.4. The van der Waals surface area contributed by atoms with E-state index >= 15 is 0 Å².